The van der Waals surface area contributed by atoms with Crippen molar-refractivity contribution in [3.05, 3.63) is 29.3 Å². The maximum absolute atomic E-state index is 13.2. The second-order valence-corrected chi connectivity index (χ2v) is 11.8. The van der Waals surface area contributed by atoms with Gasteiger partial charge in [-0.15, -0.1) is 0 Å². The maximum atomic E-state index is 13.2. The lowest BCUT2D eigenvalue weighted by molar-refractivity contribution is -0.123. The Morgan fingerprint density at radius 1 is 1.07 bits per heavy atom. The van der Waals surface area contributed by atoms with Gasteiger partial charge in [-0.3, -0.25) is 0 Å². The van der Waals surface area contributed by atoms with Gasteiger partial charge in [0.2, 0.25) is 10.0 Å². The Hall–Kier alpha value is -0.950. The second-order valence-electron chi connectivity index (χ2n) is 9.89. The van der Waals surface area contributed by atoms with Crippen LogP contribution >= 0.6 is 0 Å². The fourth-order valence-electron chi connectivity index (χ4n) is 5.50. The van der Waals surface area contributed by atoms with Crippen LogP contribution in [0.2, 0.25) is 0 Å². The number of rotatable bonds is 7. The van der Waals surface area contributed by atoms with E-state index in [1.165, 1.54) is 24.0 Å². The molecule has 1 aromatic rings. The summed E-state index contributed by atoms with van der Waals surface area (Å²) >= 11 is 0. The molecule has 2 saturated heterocycles. The predicted octanol–water partition coefficient (Wildman–Crippen LogP) is 3.94. The topological polar surface area (TPSA) is 55.8 Å². The zero-order valence-electron chi connectivity index (χ0n) is 18.0. The zero-order valence-corrected chi connectivity index (χ0v) is 18.8. The lowest BCUT2D eigenvalue weighted by Crippen LogP contribution is -2.50. The molecule has 2 aliphatic heterocycles. The first-order chi connectivity index (χ1) is 14.5. The minimum absolute atomic E-state index is 0.136. The van der Waals surface area contributed by atoms with E-state index < -0.39 is 10.0 Å². The summed E-state index contributed by atoms with van der Waals surface area (Å²) in [6, 6.07) is 5.73. The van der Waals surface area contributed by atoms with Crippen LogP contribution in [0.25, 0.3) is 0 Å². The van der Waals surface area contributed by atoms with Crippen LogP contribution in [0.4, 0.5) is 0 Å². The highest BCUT2D eigenvalue weighted by molar-refractivity contribution is 7.89. The van der Waals surface area contributed by atoms with Crippen LogP contribution in [0.15, 0.2) is 23.1 Å². The number of fused-ring (bicyclic) bond motifs is 1. The molecule has 5 rings (SSSR count). The summed E-state index contributed by atoms with van der Waals surface area (Å²) in [4.78, 5) is 0.467. The van der Waals surface area contributed by atoms with Crippen molar-refractivity contribution in [3.63, 3.8) is 0 Å². The lowest BCUT2D eigenvalue weighted by atomic mass is 9.79. The van der Waals surface area contributed by atoms with Crippen molar-refractivity contribution in [2.24, 2.45) is 11.8 Å². The minimum atomic E-state index is -3.41. The molecule has 0 bridgehead atoms. The molecule has 1 unspecified atom stereocenters. The molecule has 1 spiro atoms. The van der Waals surface area contributed by atoms with E-state index in [2.05, 4.69) is 0 Å². The predicted molar refractivity (Wildman–Crippen MR) is 116 cm³/mol. The van der Waals surface area contributed by atoms with Crippen molar-refractivity contribution in [1.82, 2.24) is 4.31 Å². The van der Waals surface area contributed by atoms with Gasteiger partial charge in [0.25, 0.3) is 0 Å². The van der Waals surface area contributed by atoms with Crippen LogP contribution in [0.3, 0.4) is 0 Å². The van der Waals surface area contributed by atoms with E-state index in [1.807, 2.05) is 12.1 Å². The number of sulfonamides is 1. The number of benzene rings is 1. The summed E-state index contributed by atoms with van der Waals surface area (Å²) in [7, 11) is -3.41. The van der Waals surface area contributed by atoms with Crippen LogP contribution in [-0.4, -0.2) is 51.2 Å². The lowest BCUT2D eigenvalue weighted by Gasteiger charge is -2.46. The zero-order chi connectivity index (χ0) is 20.6. The standard InChI is InChI=1S/C24H35NO4S/c26-30(27,23-7-6-21-2-1-3-22(21)16-23)25-12-10-24(11-13-25)17-19(9-15-29-24)8-14-28-18-20-4-5-20/h6-7,16,19-20H,1-5,8-15,17-18H2. The van der Waals surface area contributed by atoms with E-state index in [4.69, 9.17) is 9.47 Å². The average molecular weight is 434 g/mol. The van der Waals surface area contributed by atoms with Gasteiger partial charge in [0.1, 0.15) is 0 Å². The molecule has 6 heteroatoms. The van der Waals surface area contributed by atoms with Crippen molar-refractivity contribution in [2.45, 2.75) is 74.7 Å². The molecule has 0 radical (unpaired) electrons. The molecule has 166 valence electrons. The molecule has 30 heavy (non-hydrogen) atoms. The highest BCUT2D eigenvalue weighted by Crippen LogP contribution is 2.40. The van der Waals surface area contributed by atoms with Gasteiger partial charge >= 0.3 is 0 Å². The summed E-state index contributed by atoms with van der Waals surface area (Å²) in [5.74, 6) is 1.46. The van der Waals surface area contributed by atoms with Gasteiger partial charge in [-0.25, -0.2) is 8.42 Å². The van der Waals surface area contributed by atoms with Crippen LogP contribution < -0.4 is 0 Å². The average Bonchev–Trinajstić information content (AvgIpc) is 3.45. The van der Waals surface area contributed by atoms with Gasteiger partial charge in [-0.05, 0) is 99.3 Å². The van der Waals surface area contributed by atoms with Crippen molar-refractivity contribution in [2.75, 3.05) is 32.9 Å². The molecular formula is C24H35NO4S. The first-order valence-corrected chi connectivity index (χ1v) is 13.3. The molecule has 4 aliphatic rings. The van der Waals surface area contributed by atoms with E-state index in [1.54, 1.807) is 10.4 Å². The molecule has 0 N–H and O–H groups in total. The second kappa shape index (κ2) is 8.53. The minimum Gasteiger partial charge on any atom is -0.381 e. The number of ether oxygens (including phenoxy) is 2. The summed E-state index contributed by atoms with van der Waals surface area (Å²) in [5.41, 5.74) is 2.39. The van der Waals surface area contributed by atoms with Crippen LogP contribution in [0.5, 0.6) is 0 Å². The van der Waals surface area contributed by atoms with Gasteiger partial charge in [-0.2, -0.15) is 4.31 Å². The smallest absolute Gasteiger partial charge is 0.243 e. The number of hydrogen-bond donors (Lipinski definition) is 0. The molecule has 1 atom stereocenters. The van der Waals surface area contributed by atoms with E-state index in [9.17, 15) is 8.42 Å². The maximum Gasteiger partial charge on any atom is 0.243 e. The summed E-state index contributed by atoms with van der Waals surface area (Å²) in [5, 5.41) is 0. The van der Waals surface area contributed by atoms with Crippen molar-refractivity contribution < 1.29 is 17.9 Å². The van der Waals surface area contributed by atoms with E-state index >= 15 is 0 Å². The number of hydrogen-bond acceptors (Lipinski definition) is 4. The molecule has 1 aromatic carbocycles. The fraction of sp³-hybridized carbons (Fsp3) is 0.750. The molecule has 5 nitrogen and oxygen atoms in total. The molecule has 0 aromatic heterocycles. The normalized spacial score (nSPS) is 26.7. The molecule has 0 amide bonds. The van der Waals surface area contributed by atoms with Gasteiger partial charge in [-0.1, -0.05) is 6.07 Å². The molecular weight excluding hydrogens is 398 g/mol. The van der Waals surface area contributed by atoms with E-state index in [0.717, 1.165) is 77.1 Å². The van der Waals surface area contributed by atoms with Gasteiger partial charge in [0, 0.05) is 32.9 Å². The first-order valence-electron chi connectivity index (χ1n) is 11.9. The fourth-order valence-corrected chi connectivity index (χ4v) is 6.99. The van der Waals surface area contributed by atoms with E-state index in [0.29, 0.717) is 23.9 Å². The Kier molecular flexibility index (Phi) is 5.95. The molecule has 1 saturated carbocycles. The van der Waals surface area contributed by atoms with Crippen molar-refractivity contribution in [1.29, 1.82) is 0 Å². The highest BCUT2D eigenvalue weighted by atomic mass is 32.2. The number of piperidine rings is 1. The van der Waals surface area contributed by atoms with Gasteiger partial charge < -0.3 is 9.47 Å². The van der Waals surface area contributed by atoms with Gasteiger partial charge in [0.15, 0.2) is 0 Å². The molecule has 2 aliphatic carbocycles. The van der Waals surface area contributed by atoms with Gasteiger partial charge in [0.05, 0.1) is 10.5 Å². The Morgan fingerprint density at radius 2 is 1.87 bits per heavy atom. The monoisotopic (exact) mass is 433 g/mol. The third-order valence-electron chi connectivity index (χ3n) is 7.66. The number of nitrogens with zero attached hydrogens (tertiary/aromatic N) is 1. The summed E-state index contributed by atoms with van der Waals surface area (Å²) < 4.78 is 40.2. The Labute approximate surface area is 181 Å². The van der Waals surface area contributed by atoms with Crippen molar-refractivity contribution >= 4 is 10.0 Å². The Morgan fingerprint density at radius 3 is 2.67 bits per heavy atom. The van der Waals surface area contributed by atoms with E-state index in [-0.39, 0.29) is 5.60 Å². The summed E-state index contributed by atoms with van der Waals surface area (Å²) in [6.45, 7) is 3.71. The summed E-state index contributed by atoms with van der Waals surface area (Å²) in [6.07, 6.45) is 10.7. The Bertz CT molecular complexity index is 856. The third-order valence-corrected chi connectivity index (χ3v) is 9.55. The molecule has 2 heterocycles. The van der Waals surface area contributed by atoms with Crippen LogP contribution in [-0.2, 0) is 32.3 Å². The largest absolute Gasteiger partial charge is 0.381 e. The highest BCUT2D eigenvalue weighted by Gasteiger charge is 2.42. The van der Waals surface area contributed by atoms with Crippen LogP contribution in [0, 0.1) is 11.8 Å². The Balaban J connectivity index is 1.17. The third kappa shape index (κ3) is 4.47. The quantitative estimate of drug-likeness (QED) is 0.611. The molecule has 3 fully saturated rings. The van der Waals surface area contributed by atoms with Crippen molar-refractivity contribution in [3.8, 4) is 0 Å². The van der Waals surface area contributed by atoms with Crippen LogP contribution in [0.1, 0.15) is 62.5 Å². The SMILES string of the molecule is O=S(=O)(c1ccc2c(c1)CCC2)N1CCC2(CC1)CC(CCOCC1CC1)CCO2. The number of aryl methyl sites for hydroxylation is 2. The first kappa shape index (κ1) is 20.9.